The number of anilines is 2. The third kappa shape index (κ3) is 3.14. The number of carbonyl (C=O) groups excluding carboxylic acids is 1. The highest BCUT2D eigenvalue weighted by Crippen LogP contribution is 2.29. The van der Waals surface area contributed by atoms with Crippen LogP contribution >= 0.6 is 11.3 Å². The van der Waals surface area contributed by atoms with Crippen molar-refractivity contribution in [2.45, 2.75) is 0 Å². The molecule has 1 N–H and O–H groups in total. The monoisotopic (exact) mass is 333 g/mol. The molecule has 0 fully saturated rings. The van der Waals surface area contributed by atoms with Crippen LogP contribution < -0.4 is 10.2 Å². The summed E-state index contributed by atoms with van der Waals surface area (Å²) < 4.78 is 27.2. The zero-order chi connectivity index (χ0) is 16.6. The van der Waals surface area contributed by atoms with Gasteiger partial charge in [-0.1, -0.05) is 17.4 Å². The molecule has 1 heterocycles. The van der Waals surface area contributed by atoms with Gasteiger partial charge in [0.15, 0.2) is 10.9 Å². The van der Waals surface area contributed by atoms with Crippen LogP contribution in [0.3, 0.4) is 0 Å². The number of rotatable bonds is 3. The van der Waals surface area contributed by atoms with Crippen LogP contribution in [0.25, 0.3) is 10.2 Å². The Morgan fingerprint density at radius 2 is 2.00 bits per heavy atom. The SMILES string of the molecule is CN(C)c1cccc(C(=O)Nc2nc3c(F)cc(F)cc3s2)c1. The lowest BCUT2D eigenvalue weighted by molar-refractivity contribution is 0.102. The van der Waals surface area contributed by atoms with Crippen LogP contribution in [-0.4, -0.2) is 25.0 Å². The first-order chi connectivity index (χ1) is 10.9. The Bertz CT molecular complexity index is 892. The topological polar surface area (TPSA) is 45.2 Å². The molecule has 0 bridgehead atoms. The molecule has 0 spiro atoms. The van der Waals surface area contributed by atoms with E-state index in [2.05, 4.69) is 10.3 Å². The Kier molecular flexibility index (Phi) is 3.96. The van der Waals surface area contributed by atoms with E-state index >= 15 is 0 Å². The van der Waals surface area contributed by atoms with Gasteiger partial charge in [-0.2, -0.15) is 0 Å². The number of fused-ring (bicyclic) bond motifs is 1. The molecule has 4 nitrogen and oxygen atoms in total. The molecule has 3 aromatic rings. The molecule has 0 aliphatic heterocycles. The number of halogens is 2. The van der Waals surface area contributed by atoms with Crippen LogP contribution in [-0.2, 0) is 0 Å². The fourth-order valence-electron chi connectivity index (χ4n) is 2.11. The number of nitrogens with one attached hydrogen (secondary N) is 1. The standard InChI is InChI=1S/C16H13F2N3OS/c1-21(2)11-5-3-4-9(6-11)15(22)20-16-19-14-12(18)7-10(17)8-13(14)23-16/h3-8H,1-2H3,(H,19,20,22). The number of amides is 1. The number of benzene rings is 2. The Hall–Kier alpha value is -2.54. The maximum atomic E-state index is 13.6. The molecule has 3 rings (SSSR count). The summed E-state index contributed by atoms with van der Waals surface area (Å²) in [6.45, 7) is 0. The van der Waals surface area contributed by atoms with E-state index in [0.29, 0.717) is 10.3 Å². The molecular weight excluding hydrogens is 320 g/mol. The van der Waals surface area contributed by atoms with Crippen molar-refractivity contribution in [3.05, 3.63) is 53.6 Å². The van der Waals surface area contributed by atoms with Crippen molar-refractivity contribution in [1.29, 1.82) is 0 Å². The highest BCUT2D eigenvalue weighted by atomic mass is 32.1. The molecule has 0 saturated heterocycles. The Labute approximate surface area is 135 Å². The van der Waals surface area contributed by atoms with Gasteiger partial charge in [0.2, 0.25) is 0 Å². The molecule has 118 valence electrons. The summed E-state index contributed by atoms with van der Waals surface area (Å²) in [5, 5.41) is 2.85. The molecular formula is C16H13F2N3OS. The number of aromatic nitrogens is 1. The molecule has 0 radical (unpaired) electrons. The molecule has 0 saturated carbocycles. The van der Waals surface area contributed by atoms with Gasteiger partial charge >= 0.3 is 0 Å². The van der Waals surface area contributed by atoms with Crippen molar-refractivity contribution in [3.8, 4) is 0 Å². The van der Waals surface area contributed by atoms with Crippen molar-refractivity contribution in [1.82, 2.24) is 4.98 Å². The summed E-state index contributed by atoms with van der Waals surface area (Å²) in [4.78, 5) is 18.2. The summed E-state index contributed by atoms with van der Waals surface area (Å²) in [6.07, 6.45) is 0. The highest BCUT2D eigenvalue weighted by molar-refractivity contribution is 7.22. The van der Waals surface area contributed by atoms with Crippen molar-refractivity contribution in [3.63, 3.8) is 0 Å². The molecule has 2 aromatic carbocycles. The maximum Gasteiger partial charge on any atom is 0.257 e. The van der Waals surface area contributed by atoms with Crippen LogP contribution in [0, 0.1) is 11.6 Å². The lowest BCUT2D eigenvalue weighted by atomic mass is 10.2. The largest absolute Gasteiger partial charge is 0.378 e. The van der Waals surface area contributed by atoms with Crippen molar-refractivity contribution < 1.29 is 13.6 Å². The fraction of sp³-hybridized carbons (Fsp3) is 0.125. The van der Waals surface area contributed by atoms with Gasteiger partial charge < -0.3 is 4.90 Å². The number of nitrogens with zero attached hydrogens (tertiary/aromatic N) is 2. The first-order valence-electron chi connectivity index (χ1n) is 6.78. The zero-order valence-corrected chi connectivity index (χ0v) is 13.2. The molecule has 7 heteroatoms. The summed E-state index contributed by atoms with van der Waals surface area (Å²) in [6, 6.07) is 9.04. The predicted octanol–water partition coefficient (Wildman–Crippen LogP) is 3.89. The number of hydrogen-bond acceptors (Lipinski definition) is 4. The minimum absolute atomic E-state index is 0.0498. The van der Waals surface area contributed by atoms with E-state index in [0.717, 1.165) is 23.1 Å². The van der Waals surface area contributed by atoms with E-state index in [-0.39, 0.29) is 16.6 Å². The molecule has 0 unspecified atom stereocenters. The summed E-state index contributed by atoms with van der Waals surface area (Å²) in [5.74, 6) is -1.77. The van der Waals surface area contributed by atoms with Crippen molar-refractivity contribution >= 4 is 38.3 Å². The smallest absolute Gasteiger partial charge is 0.257 e. The van der Waals surface area contributed by atoms with Gasteiger partial charge in [-0.3, -0.25) is 10.1 Å². The van der Waals surface area contributed by atoms with Crippen molar-refractivity contribution in [2.75, 3.05) is 24.3 Å². The molecule has 0 atom stereocenters. The van der Waals surface area contributed by atoms with Crippen LogP contribution in [0.4, 0.5) is 19.6 Å². The summed E-state index contributed by atoms with van der Waals surface area (Å²) in [7, 11) is 3.75. The normalized spacial score (nSPS) is 10.8. The van der Waals surface area contributed by atoms with E-state index in [4.69, 9.17) is 0 Å². The van der Waals surface area contributed by atoms with Crippen LogP contribution in [0.2, 0.25) is 0 Å². The molecule has 0 aliphatic carbocycles. The quantitative estimate of drug-likeness (QED) is 0.791. The van der Waals surface area contributed by atoms with Gasteiger partial charge in [-0.25, -0.2) is 13.8 Å². The number of hydrogen-bond donors (Lipinski definition) is 1. The van der Waals surface area contributed by atoms with Crippen molar-refractivity contribution in [2.24, 2.45) is 0 Å². The molecule has 0 aliphatic rings. The van der Waals surface area contributed by atoms with E-state index in [9.17, 15) is 13.6 Å². The average molecular weight is 333 g/mol. The Balaban J connectivity index is 1.88. The average Bonchev–Trinajstić information content (AvgIpc) is 2.90. The van der Waals surface area contributed by atoms with Gasteiger partial charge in [0, 0.05) is 31.4 Å². The van der Waals surface area contributed by atoms with Crippen LogP contribution in [0.15, 0.2) is 36.4 Å². The van der Waals surface area contributed by atoms with Gasteiger partial charge in [0.1, 0.15) is 11.3 Å². The fourth-order valence-corrected chi connectivity index (χ4v) is 3.01. The first kappa shape index (κ1) is 15.4. The van der Waals surface area contributed by atoms with Crippen LogP contribution in [0.5, 0.6) is 0 Å². The van der Waals surface area contributed by atoms with E-state index < -0.39 is 11.6 Å². The Morgan fingerprint density at radius 3 is 2.74 bits per heavy atom. The summed E-state index contributed by atoms with van der Waals surface area (Å²) >= 11 is 1.03. The second kappa shape index (κ2) is 5.92. The van der Waals surface area contributed by atoms with E-state index in [1.165, 1.54) is 6.07 Å². The van der Waals surface area contributed by atoms with E-state index in [1.54, 1.807) is 18.2 Å². The second-order valence-corrected chi connectivity index (χ2v) is 6.18. The predicted molar refractivity (Wildman–Crippen MR) is 88.3 cm³/mol. The highest BCUT2D eigenvalue weighted by Gasteiger charge is 2.14. The third-order valence-corrected chi connectivity index (χ3v) is 4.18. The van der Waals surface area contributed by atoms with Gasteiger partial charge in [-0.05, 0) is 24.3 Å². The number of thiazole rings is 1. The molecule has 1 aromatic heterocycles. The third-order valence-electron chi connectivity index (χ3n) is 3.26. The van der Waals surface area contributed by atoms with Crippen LogP contribution in [0.1, 0.15) is 10.4 Å². The summed E-state index contributed by atoms with van der Waals surface area (Å²) in [5.41, 5.74) is 1.39. The minimum Gasteiger partial charge on any atom is -0.378 e. The lowest BCUT2D eigenvalue weighted by Crippen LogP contribution is -2.14. The molecule has 23 heavy (non-hydrogen) atoms. The second-order valence-electron chi connectivity index (χ2n) is 5.15. The lowest BCUT2D eigenvalue weighted by Gasteiger charge is -2.13. The minimum atomic E-state index is -0.744. The van der Waals surface area contributed by atoms with E-state index in [1.807, 2.05) is 25.1 Å². The first-order valence-corrected chi connectivity index (χ1v) is 7.60. The molecule has 1 amide bonds. The Morgan fingerprint density at radius 1 is 1.22 bits per heavy atom. The maximum absolute atomic E-state index is 13.6. The number of carbonyl (C=O) groups is 1. The van der Waals surface area contributed by atoms with Gasteiger partial charge in [-0.15, -0.1) is 0 Å². The zero-order valence-electron chi connectivity index (χ0n) is 12.4. The van der Waals surface area contributed by atoms with Gasteiger partial charge in [0.05, 0.1) is 4.70 Å². The van der Waals surface area contributed by atoms with Gasteiger partial charge in [0.25, 0.3) is 5.91 Å².